The number of nitrogens with zero attached hydrogens (tertiary/aromatic N) is 1. The van der Waals surface area contributed by atoms with Crippen molar-refractivity contribution in [3.63, 3.8) is 0 Å². The Balaban J connectivity index is 4.34. The average molecular weight is 301 g/mol. The molecule has 6 heteroatoms. The highest BCUT2D eigenvalue weighted by atomic mass is 16.6. The Kier molecular flexibility index (Phi) is 8.32. The van der Waals surface area contributed by atoms with E-state index < -0.39 is 17.7 Å². The van der Waals surface area contributed by atoms with Crippen LogP contribution in [-0.4, -0.2) is 55.7 Å². The van der Waals surface area contributed by atoms with E-state index in [1.54, 1.807) is 20.8 Å². The number of carbonyl (C=O) groups is 2. The summed E-state index contributed by atoms with van der Waals surface area (Å²) in [4.78, 5) is 26.0. The summed E-state index contributed by atoms with van der Waals surface area (Å²) in [7, 11) is 3.98. The van der Waals surface area contributed by atoms with Gasteiger partial charge in [0.1, 0.15) is 11.6 Å². The van der Waals surface area contributed by atoms with E-state index in [0.29, 0.717) is 6.54 Å². The molecule has 0 saturated carbocycles. The first-order chi connectivity index (χ1) is 9.53. The Hall–Kier alpha value is -1.30. The molecular weight excluding hydrogens is 270 g/mol. The minimum Gasteiger partial charge on any atom is -0.444 e. The van der Waals surface area contributed by atoms with Crippen LogP contribution >= 0.6 is 0 Å². The van der Waals surface area contributed by atoms with E-state index in [9.17, 15) is 9.59 Å². The first-order valence-electron chi connectivity index (χ1n) is 7.45. The number of alkyl carbamates (subject to hydrolysis) is 1. The van der Waals surface area contributed by atoms with Gasteiger partial charge in [-0.3, -0.25) is 4.79 Å². The van der Waals surface area contributed by atoms with E-state index >= 15 is 0 Å². The van der Waals surface area contributed by atoms with E-state index in [2.05, 4.69) is 15.5 Å². The Morgan fingerprint density at radius 2 is 1.76 bits per heavy atom. The Labute approximate surface area is 128 Å². The smallest absolute Gasteiger partial charge is 0.408 e. The molecule has 0 heterocycles. The van der Waals surface area contributed by atoms with Crippen molar-refractivity contribution in [2.75, 3.05) is 27.2 Å². The van der Waals surface area contributed by atoms with Crippen LogP contribution in [0.25, 0.3) is 0 Å². The molecule has 0 aromatic rings. The fraction of sp³-hybridized carbons (Fsp3) is 0.867. The molecule has 124 valence electrons. The quantitative estimate of drug-likeness (QED) is 0.701. The fourth-order valence-corrected chi connectivity index (χ4v) is 1.69. The molecule has 0 bridgehead atoms. The lowest BCUT2D eigenvalue weighted by atomic mass is 10.0. The molecule has 0 aliphatic heterocycles. The topological polar surface area (TPSA) is 70.7 Å². The molecule has 0 saturated heterocycles. The van der Waals surface area contributed by atoms with Gasteiger partial charge in [0, 0.05) is 6.54 Å². The normalized spacial score (nSPS) is 13.2. The molecule has 0 aromatic carbocycles. The van der Waals surface area contributed by atoms with E-state index in [0.717, 1.165) is 13.0 Å². The number of nitrogens with one attached hydrogen (secondary N) is 2. The summed E-state index contributed by atoms with van der Waals surface area (Å²) < 4.78 is 5.19. The third-order valence-electron chi connectivity index (χ3n) is 2.70. The highest BCUT2D eigenvalue weighted by Crippen LogP contribution is 2.08. The van der Waals surface area contributed by atoms with Crippen molar-refractivity contribution in [2.24, 2.45) is 5.92 Å². The molecule has 0 radical (unpaired) electrons. The molecule has 6 nitrogen and oxygen atoms in total. The maximum Gasteiger partial charge on any atom is 0.408 e. The monoisotopic (exact) mass is 301 g/mol. The number of hydrogen-bond donors (Lipinski definition) is 2. The van der Waals surface area contributed by atoms with E-state index in [-0.39, 0.29) is 11.8 Å². The minimum atomic E-state index is -0.584. The fourth-order valence-electron chi connectivity index (χ4n) is 1.69. The van der Waals surface area contributed by atoms with Crippen LogP contribution in [0.2, 0.25) is 0 Å². The lowest BCUT2D eigenvalue weighted by Gasteiger charge is -2.25. The highest BCUT2D eigenvalue weighted by Gasteiger charge is 2.26. The van der Waals surface area contributed by atoms with Crippen LogP contribution in [0.3, 0.4) is 0 Å². The molecule has 2 amide bonds. The first kappa shape index (κ1) is 19.7. The summed E-state index contributed by atoms with van der Waals surface area (Å²) in [5.74, 6) is -0.180. The van der Waals surface area contributed by atoms with Gasteiger partial charge in [-0.1, -0.05) is 13.8 Å². The van der Waals surface area contributed by atoms with Gasteiger partial charge in [-0.25, -0.2) is 4.79 Å². The molecule has 0 aromatic heterocycles. The van der Waals surface area contributed by atoms with Gasteiger partial charge < -0.3 is 20.3 Å². The van der Waals surface area contributed by atoms with Crippen molar-refractivity contribution in [3.8, 4) is 0 Å². The number of hydrogen-bond acceptors (Lipinski definition) is 4. The third-order valence-corrected chi connectivity index (χ3v) is 2.70. The minimum absolute atomic E-state index is 0.00799. The van der Waals surface area contributed by atoms with Crippen LogP contribution in [-0.2, 0) is 9.53 Å². The molecule has 21 heavy (non-hydrogen) atoms. The lowest BCUT2D eigenvalue weighted by Crippen LogP contribution is -2.51. The van der Waals surface area contributed by atoms with Crippen molar-refractivity contribution >= 4 is 12.0 Å². The van der Waals surface area contributed by atoms with E-state index in [1.165, 1.54) is 0 Å². The summed E-state index contributed by atoms with van der Waals surface area (Å²) in [6, 6.07) is -0.584. The zero-order valence-corrected chi connectivity index (χ0v) is 14.4. The van der Waals surface area contributed by atoms with Crippen molar-refractivity contribution < 1.29 is 14.3 Å². The largest absolute Gasteiger partial charge is 0.444 e. The van der Waals surface area contributed by atoms with Crippen LogP contribution in [0.5, 0.6) is 0 Å². The molecule has 2 N–H and O–H groups in total. The molecule has 0 aliphatic rings. The molecular formula is C15H31N3O3. The van der Waals surface area contributed by atoms with Crippen molar-refractivity contribution in [2.45, 2.75) is 52.7 Å². The number of amides is 2. The SMILES string of the molecule is CC(C)C(NC(=O)OC(C)(C)C)C(=O)NCCCN(C)C. The summed E-state index contributed by atoms with van der Waals surface area (Å²) in [5, 5.41) is 5.49. The van der Waals surface area contributed by atoms with Gasteiger partial charge in [0.15, 0.2) is 0 Å². The molecule has 0 fully saturated rings. The maximum absolute atomic E-state index is 12.1. The van der Waals surface area contributed by atoms with Crippen LogP contribution < -0.4 is 10.6 Å². The molecule has 1 unspecified atom stereocenters. The molecule has 0 aliphatic carbocycles. The van der Waals surface area contributed by atoms with Gasteiger partial charge >= 0.3 is 6.09 Å². The Bertz CT molecular complexity index is 336. The standard InChI is InChI=1S/C15H31N3O3/c1-11(2)12(17-14(20)21-15(3,4)5)13(19)16-9-8-10-18(6)7/h11-12H,8-10H2,1-7H3,(H,16,19)(H,17,20). The highest BCUT2D eigenvalue weighted by molar-refractivity contribution is 5.85. The lowest BCUT2D eigenvalue weighted by molar-refractivity contribution is -0.124. The van der Waals surface area contributed by atoms with Crippen molar-refractivity contribution in [1.82, 2.24) is 15.5 Å². The van der Waals surface area contributed by atoms with Gasteiger partial charge in [0.2, 0.25) is 5.91 Å². The second-order valence-electron chi connectivity index (χ2n) is 6.82. The predicted molar refractivity (Wildman–Crippen MR) is 84.2 cm³/mol. The third kappa shape index (κ3) is 10.1. The zero-order chi connectivity index (χ0) is 16.6. The summed E-state index contributed by atoms with van der Waals surface area (Å²) in [6.07, 6.45) is 0.306. The number of ether oxygens (including phenoxy) is 1. The van der Waals surface area contributed by atoms with Gasteiger partial charge in [0.05, 0.1) is 0 Å². The van der Waals surface area contributed by atoms with Crippen molar-refractivity contribution in [1.29, 1.82) is 0 Å². The number of rotatable bonds is 7. The summed E-state index contributed by atoms with van der Waals surface area (Å²) >= 11 is 0. The predicted octanol–water partition coefficient (Wildman–Crippen LogP) is 1.60. The van der Waals surface area contributed by atoms with Crippen LogP contribution in [0.4, 0.5) is 4.79 Å². The van der Waals surface area contributed by atoms with Gasteiger partial charge in [0.25, 0.3) is 0 Å². The van der Waals surface area contributed by atoms with Crippen LogP contribution in [0.1, 0.15) is 41.0 Å². The average Bonchev–Trinajstić information content (AvgIpc) is 2.28. The number of carbonyl (C=O) groups excluding carboxylic acids is 2. The Morgan fingerprint density at radius 3 is 2.19 bits per heavy atom. The van der Waals surface area contributed by atoms with Gasteiger partial charge in [-0.2, -0.15) is 0 Å². The summed E-state index contributed by atoms with van der Waals surface area (Å²) in [6.45, 7) is 10.7. The maximum atomic E-state index is 12.1. The second-order valence-corrected chi connectivity index (χ2v) is 6.82. The zero-order valence-electron chi connectivity index (χ0n) is 14.4. The van der Waals surface area contributed by atoms with Gasteiger partial charge in [-0.15, -0.1) is 0 Å². The molecule has 1 atom stereocenters. The van der Waals surface area contributed by atoms with Crippen molar-refractivity contribution in [3.05, 3.63) is 0 Å². The second kappa shape index (κ2) is 8.87. The first-order valence-corrected chi connectivity index (χ1v) is 7.45. The van der Waals surface area contributed by atoms with E-state index in [4.69, 9.17) is 4.74 Å². The molecule has 0 spiro atoms. The van der Waals surface area contributed by atoms with E-state index in [1.807, 2.05) is 27.9 Å². The Morgan fingerprint density at radius 1 is 1.19 bits per heavy atom. The molecule has 0 rings (SSSR count). The van der Waals surface area contributed by atoms with Crippen LogP contribution in [0.15, 0.2) is 0 Å². The summed E-state index contributed by atoms with van der Waals surface area (Å²) in [5.41, 5.74) is -0.576. The van der Waals surface area contributed by atoms with Crippen LogP contribution in [0, 0.1) is 5.92 Å². The van der Waals surface area contributed by atoms with Gasteiger partial charge in [-0.05, 0) is 53.8 Å².